The molecule has 0 unspecified atom stereocenters. The van der Waals surface area contributed by atoms with Crippen molar-refractivity contribution in [2.45, 2.75) is 20.8 Å². The summed E-state index contributed by atoms with van der Waals surface area (Å²) >= 11 is 0. The fourth-order valence-corrected chi connectivity index (χ4v) is 1.86. The van der Waals surface area contributed by atoms with Gasteiger partial charge in [-0.1, -0.05) is 13.8 Å². The number of carbonyl (C=O) groups excluding carboxylic acids is 1. The summed E-state index contributed by atoms with van der Waals surface area (Å²) in [5.74, 6) is 0.786. The molecule has 0 aliphatic rings. The summed E-state index contributed by atoms with van der Waals surface area (Å²) < 4.78 is 5.36. The van der Waals surface area contributed by atoms with Crippen LogP contribution in [0.2, 0.25) is 0 Å². The molecule has 2 N–H and O–H groups in total. The molecule has 0 aromatic heterocycles. The summed E-state index contributed by atoms with van der Waals surface area (Å²) in [6.45, 7) is 7.84. The predicted molar refractivity (Wildman–Crippen MR) is 84.7 cm³/mol. The Labute approximate surface area is 127 Å². The third-order valence-corrected chi connectivity index (χ3v) is 2.98. The van der Waals surface area contributed by atoms with Gasteiger partial charge in [0.2, 0.25) is 0 Å². The van der Waals surface area contributed by atoms with Gasteiger partial charge in [-0.2, -0.15) is 0 Å². The first-order chi connectivity index (χ1) is 8.89. The molecule has 20 heavy (non-hydrogen) atoms. The highest BCUT2D eigenvalue weighted by Crippen LogP contribution is 2.17. The van der Waals surface area contributed by atoms with Crippen LogP contribution >= 0.6 is 12.4 Å². The largest absolute Gasteiger partial charge is 0.494 e. The molecule has 0 saturated carbocycles. The van der Waals surface area contributed by atoms with Crippen LogP contribution in [-0.4, -0.2) is 37.6 Å². The summed E-state index contributed by atoms with van der Waals surface area (Å²) in [6, 6.07) is 7.22. The second kappa shape index (κ2) is 8.12. The van der Waals surface area contributed by atoms with Crippen molar-refractivity contribution in [3.63, 3.8) is 0 Å². The minimum atomic E-state index is -0.0737. The van der Waals surface area contributed by atoms with Crippen LogP contribution in [0.25, 0.3) is 0 Å². The summed E-state index contributed by atoms with van der Waals surface area (Å²) in [5, 5.41) is 0. The Kier molecular flexibility index (Phi) is 7.61. The number of benzene rings is 1. The molecule has 1 rings (SSSR count). The molecule has 0 spiro atoms. The third kappa shape index (κ3) is 5.39. The summed E-state index contributed by atoms with van der Waals surface area (Å²) in [4.78, 5) is 14.0. The molecule has 0 aliphatic heterocycles. The highest BCUT2D eigenvalue weighted by molar-refractivity contribution is 5.94. The van der Waals surface area contributed by atoms with Crippen LogP contribution in [0.4, 0.5) is 0 Å². The first kappa shape index (κ1) is 18.7. The molecule has 0 atom stereocenters. The van der Waals surface area contributed by atoms with Crippen LogP contribution in [0.5, 0.6) is 5.75 Å². The molecular formula is C15H25ClN2O2. The molecule has 114 valence electrons. The Balaban J connectivity index is 0.00000361. The van der Waals surface area contributed by atoms with Crippen molar-refractivity contribution in [3.05, 3.63) is 29.8 Å². The molecule has 0 fully saturated rings. The summed E-state index contributed by atoms with van der Waals surface area (Å²) in [5.41, 5.74) is 6.28. The molecular weight excluding hydrogens is 276 g/mol. The topological polar surface area (TPSA) is 55.6 Å². The van der Waals surface area contributed by atoms with Crippen molar-refractivity contribution in [2.24, 2.45) is 11.1 Å². The fourth-order valence-electron chi connectivity index (χ4n) is 1.86. The lowest BCUT2D eigenvalue weighted by atomic mass is 9.93. The predicted octanol–water partition coefficient (Wildman–Crippen LogP) is 2.56. The number of amides is 1. The van der Waals surface area contributed by atoms with Crippen LogP contribution in [0.1, 0.15) is 31.1 Å². The van der Waals surface area contributed by atoms with E-state index in [9.17, 15) is 4.79 Å². The maximum absolute atomic E-state index is 12.3. The van der Waals surface area contributed by atoms with Gasteiger partial charge in [0.25, 0.3) is 5.91 Å². The van der Waals surface area contributed by atoms with E-state index in [1.54, 1.807) is 24.1 Å². The monoisotopic (exact) mass is 300 g/mol. The molecule has 4 nitrogen and oxygen atoms in total. The summed E-state index contributed by atoms with van der Waals surface area (Å²) in [6.07, 6.45) is 0. The minimum absolute atomic E-state index is 0. The van der Waals surface area contributed by atoms with E-state index in [0.29, 0.717) is 25.3 Å². The molecule has 0 radical (unpaired) electrons. The molecule has 1 aromatic carbocycles. The number of halogens is 1. The summed E-state index contributed by atoms with van der Waals surface area (Å²) in [7, 11) is 1.80. The van der Waals surface area contributed by atoms with Gasteiger partial charge in [0.05, 0.1) is 6.61 Å². The number of nitrogens with zero attached hydrogens (tertiary/aromatic N) is 1. The van der Waals surface area contributed by atoms with Gasteiger partial charge >= 0.3 is 0 Å². The normalized spacial score (nSPS) is 10.7. The van der Waals surface area contributed by atoms with Gasteiger partial charge in [0.1, 0.15) is 5.75 Å². The van der Waals surface area contributed by atoms with Crippen LogP contribution in [0.15, 0.2) is 24.3 Å². The Morgan fingerprint density at radius 3 is 2.30 bits per heavy atom. The third-order valence-electron chi connectivity index (χ3n) is 2.98. The zero-order valence-electron chi connectivity index (χ0n) is 12.7. The minimum Gasteiger partial charge on any atom is -0.494 e. The zero-order valence-corrected chi connectivity index (χ0v) is 13.5. The molecule has 0 saturated heterocycles. The van der Waals surface area contributed by atoms with E-state index in [0.717, 1.165) is 5.75 Å². The SMILES string of the molecule is CCOc1ccc(C(=O)N(C)CC(C)(C)CN)cc1.Cl. The van der Waals surface area contributed by atoms with Gasteiger partial charge < -0.3 is 15.4 Å². The van der Waals surface area contributed by atoms with Crippen LogP contribution in [0, 0.1) is 5.41 Å². The number of rotatable bonds is 6. The first-order valence-electron chi connectivity index (χ1n) is 6.58. The van der Waals surface area contributed by atoms with Crippen LogP contribution < -0.4 is 10.5 Å². The number of ether oxygens (including phenoxy) is 1. The smallest absolute Gasteiger partial charge is 0.253 e. The van der Waals surface area contributed by atoms with Crippen LogP contribution in [0.3, 0.4) is 0 Å². The number of nitrogens with two attached hydrogens (primary N) is 1. The van der Waals surface area contributed by atoms with E-state index in [2.05, 4.69) is 13.8 Å². The van der Waals surface area contributed by atoms with E-state index in [1.807, 2.05) is 19.1 Å². The molecule has 5 heteroatoms. The van der Waals surface area contributed by atoms with Gasteiger partial charge in [-0.15, -0.1) is 12.4 Å². The van der Waals surface area contributed by atoms with E-state index in [4.69, 9.17) is 10.5 Å². The lowest BCUT2D eigenvalue weighted by Crippen LogP contribution is -2.39. The lowest BCUT2D eigenvalue weighted by Gasteiger charge is -2.29. The van der Waals surface area contributed by atoms with Crippen molar-refractivity contribution < 1.29 is 9.53 Å². The maximum Gasteiger partial charge on any atom is 0.253 e. The second-order valence-corrected chi connectivity index (χ2v) is 5.49. The molecule has 0 heterocycles. The highest BCUT2D eigenvalue weighted by Gasteiger charge is 2.21. The Morgan fingerprint density at radius 1 is 1.30 bits per heavy atom. The molecule has 1 aromatic rings. The average Bonchev–Trinajstić information content (AvgIpc) is 2.38. The number of hydrogen-bond acceptors (Lipinski definition) is 3. The quantitative estimate of drug-likeness (QED) is 0.878. The van der Waals surface area contributed by atoms with Gasteiger partial charge in [0, 0.05) is 19.2 Å². The maximum atomic E-state index is 12.3. The highest BCUT2D eigenvalue weighted by atomic mass is 35.5. The van der Waals surface area contributed by atoms with Gasteiger partial charge in [0.15, 0.2) is 0 Å². The van der Waals surface area contributed by atoms with Crippen molar-refractivity contribution in [2.75, 3.05) is 26.7 Å². The molecule has 0 bridgehead atoms. The van der Waals surface area contributed by atoms with Crippen molar-refractivity contribution in [3.8, 4) is 5.75 Å². The standard InChI is InChI=1S/C15H24N2O2.ClH/c1-5-19-13-8-6-12(7-9-13)14(18)17(4)11-15(2,3)10-16;/h6-9H,5,10-11,16H2,1-4H3;1H. The van der Waals surface area contributed by atoms with E-state index in [1.165, 1.54) is 0 Å². The van der Waals surface area contributed by atoms with E-state index < -0.39 is 0 Å². The van der Waals surface area contributed by atoms with Gasteiger partial charge in [-0.25, -0.2) is 0 Å². The van der Waals surface area contributed by atoms with Gasteiger partial charge in [-0.3, -0.25) is 4.79 Å². The van der Waals surface area contributed by atoms with Crippen LogP contribution in [-0.2, 0) is 0 Å². The number of hydrogen-bond donors (Lipinski definition) is 1. The Hall–Kier alpha value is -1.26. The van der Waals surface area contributed by atoms with Crippen molar-refractivity contribution in [1.29, 1.82) is 0 Å². The molecule has 1 amide bonds. The van der Waals surface area contributed by atoms with E-state index >= 15 is 0 Å². The lowest BCUT2D eigenvalue weighted by molar-refractivity contribution is 0.0740. The Morgan fingerprint density at radius 2 is 1.85 bits per heavy atom. The van der Waals surface area contributed by atoms with Gasteiger partial charge in [-0.05, 0) is 43.1 Å². The zero-order chi connectivity index (χ0) is 14.5. The second-order valence-electron chi connectivity index (χ2n) is 5.49. The number of carbonyl (C=O) groups is 1. The van der Waals surface area contributed by atoms with Crippen molar-refractivity contribution in [1.82, 2.24) is 4.90 Å². The van der Waals surface area contributed by atoms with Crippen molar-refractivity contribution >= 4 is 18.3 Å². The first-order valence-corrected chi connectivity index (χ1v) is 6.58. The van der Waals surface area contributed by atoms with E-state index in [-0.39, 0.29) is 23.7 Å². The molecule has 0 aliphatic carbocycles. The Bertz CT molecular complexity index is 418. The average molecular weight is 301 g/mol. The fraction of sp³-hybridized carbons (Fsp3) is 0.533.